The number of amides is 1. The fraction of sp³-hybridized carbons (Fsp3) is 0.318. The molecule has 2 aromatic carbocycles. The Morgan fingerprint density at radius 3 is 2.13 bits per heavy atom. The zero-order valence-electron chi connectivity index (χ0n) is 18.1. The van der Waals surface area contributed by atoms with Crippen LogP contribution in [-0.4, -0.2) is 36.4 Å². The van der Waals surface area contributed by atoms with Gasteiger partial charge in [0.05, 0.1) is 32.2 Å². The molecule has 9 nitrogen and oxygen atoms in total. The van der Waals surface area contributed by atoms with Crippen LogP contribution in [0.1, 0.15) is 19.9 Å². The maximum Gasteiger partial charge on any atom is 0.332 e. The number of rotatable bonds is 7. The molecule has 0 saturated carbocycles. The molecule has 0 aliphatic rings. The zero-order chi connectivity index (χ0) is 22.7. The summed E-state index contributed by atoms with van der Waals surface area (Å²) in [6, 6.07) is 9.48. The third-order valence-corrected chi connectivity index (χ3v) is 4.87. The Balaban J connectivity index is 2.11. The van der Waals surface area contributed by atoms with Gasteiger partial charge in [0.1, 0.15) is 12.3 Å². The summed E-state index contributed by atoms with van der Waals surface area (Å²) in [5.41, 5.74) is -0.193. The second-order valence-electron chi connectivity index (χ2n) is 7.14. The summed E-state index contributed by atoms with van der Waals surface area (Å²) < 4.78 is 18.1. The van der Waals surface area contributed by atoms with Crippen molar-refractivity contribution in [1.82, 2.24) is 9.13 Å². The van der Waals surface area contributed by atoms with Crippen molar-refractivity contribution in [2.45, 2.75) is 26.4 Å². The predicted molar refractivity (Wildman–Crippen MR) is 118 cm³/mol. The fourth-order valence-electron chi connectivity index (χ4n) is 3.34. The van der Waals surface area contributed by atoms with Gasteiger partial charge < -0.3 is 19.5 Å². The van der Waals surface area contributed by atoms with Crippen LogP contribution >= 0.6 is 0 Å². The van der Waals surface area contributed by atoms with Crippen LogP contribution in [0.3, 0.4) is 0 Å². The highest BCUT2D eigenvalue weighted by Gasteiger charge is 2.20. The van der Waals surface area contributed by atoms with E-state index in [4.69, 9.17) is 14.2 Å². The Bertz CT molecular complexity index is 1230. The summed E-state index contributed by atoms with van der Waals surface area (Å²) in [7, 11) is 4.47. The van der Waals surface area contributed by atoms with Gasteiger partial charge in [-0.25, -0.2) is 4.79 Å². The number of anilines is 1. The topological polar surface area (TPSA) is 101 Å². The molecular formula is C22H25N3O6. The number of nitrogens with zero attached hydrogens (tertiary/aromatic N) is 2. The minimum absolute atomic E-state index is 0.253. The number of carbonyl (C=O) groups is 1. The third-order valence-electron chi connectivity index (χ3n) is 4.87. The third kappa shape index (κ3) is 4.25. The molecule has 1 N–H and O–H groups in total. The first-order valence-electron chi connectivity index (χ1n) is 9.65. The highest BCUT2D eigenvalue weighted by Crippen LogP contribution is 2.30. The number of aromatic nitrogens is 2. The van der Waals surface area contributed by atoms with Gasteiger partial charge in [-0.15, -0.1) is 0 Å². The maximum atomic E-state index is 13.1. The van der Waals surface area contributed by atoms with Crippen molar-refractivity contribution in [3.8, 4) is 17.2 Å². The molecule has 1 amide bonds. The molecule has 3 aromatic rings. The lowest BCUT2D eigenvalue weighted by molar-refractivity contribution is -0.116. The summed E-state index contributed by atoms with van der Waals surface area (Å²) in [5.74, 6) is 0.943. The number of nitrogens with one attached hydrogen (secondary N) is 1. The van der Waals surface area contributed by atoms with E-state index < -0.39 is 23.2 Å². The first-order chi connectivity index (χ1) is 14.8. The van der Waals surface area contributed by atoms with Crippen LogP contribution in [0.15, 0.2) is 46.0 Å². The Labute approximate surface area is 178 Å². The average molecular weight is 427 g/mol. The summed E-state index contributed by atoms with van der Waals surface area (Å²) in [5, 5.41) is 3.00. The second kappa shape index (κ2) is 8.95. The van der Waals surface area contributed by atoms with Gasteiger partial charge in [-0.05, 0) is 44.2 Å². The smallest absolute Gasteiger partial charge is 0.332 e. The molecular weight excluding hydrogens is 402 g/mol. The predicted octanol–water partition coefficient (Wildman–Crippen LogP) is 2.41. The molecule has 0 saturated heterocycles. The van der Waals surface area contributed by atoms with Crippen molar-refractivity contribution < 1.29 is 19.0 Å². The molecule has 0 spiro atoms. The molecule has 0 atom stereocenters. The molecule has 1 aromatic heterocycles. The van der Waals surface area contributed by atoms with Gasteiger partial charge in [0.15, 0.2) is 11.5 Å². The second-order valence-corrected chi connectivity index (χ2v) is 7.14. The Morgan fingerprint density at radius 1 is 0.968 bits per heavy atom. The minimum Gasteiger partial charge on any atom is -0.497 e. The van der Waals surface area contributed by atoms with Gasteiger partial charge in [0.2, 0.25) is 5.91 Å². The summed E-state index contributed by atoms with van der Waals surface area (Å²) in [6.07, 6.45) is 0. The number of hydrogen-bond donors (Lipinski definition) is 1. The molecule has 164 valence electrons. The standard InChI is InChI=1S/C22H25N3O6/c1-13(2)25-21(27)16-10-18(30-4)19(31-5)11-17(16)24(22(25)28)12-20(26)23-14-6-8-15(29-3)9-7-14/h6-11,13H,12H2,1-5H3,(H,23,26). The van der Waals surface area contributed by atoms with Gasteiger partial charge >= 0.3 is 5.69 Å². The largest absolute Gasteiger partial charge is 0.497 e. The number of methoxy groups -OCH3 is 3. The number of hydrogen-bond acceptors (Lipinski definition) is 6. The van der Waals surface area contributed by atoms with Crippen molar-refractivity contribution in [3.05, 3.63) is 57.2 Å². The van der Waals surface area contributed by atoms with Crippen molar-refractivity contribution in [2.75, 3.05) is 26.6 Å². The van der Waals surface area contributed by atoms with Gasteiger partial charge in [0, 0.05) is 17.8 Å². The van der Waals surface area contributed by atoms with Gasteiger partial charge in [-0.3, -0.25) is 18.7 Å². The lowest BCUT2D eigenvalue weighted by atomic mass is 10.2. The fourth-order valence-corrected chi connectivity index (χ4v) is 3.34. The summed E-state index contributed by atoms with van der Waals surface area (Å²) in [6.45, 7) is 3.18. The van der Waals surface area contributed by atoms with Crippen molar-refractivity contribution in [1.29, 1.82) is 0 Å². The van der Waals surface area contributed by atoms with Crippen molar-refractivity contribution in [3.63, 3.8) is 0 Å². The van der Waals surface area contributed by atoms with Crippen LogP contribution in [0, 0.1) is 0 Å². The molecule has 3 rings (SSSR count). The van der Waals surface area contributed by atoms with Crippen LogP contribution in [0.5, 0.6) is 17.2 Å². The first kappa shape index (κ1) is 21.9. The molecule has 0 bridgehead atoms. The van der Waals surface area contributed by atoms with E-state index in [1.807, 2.05) is 0 Å². The number of benzene rings is 2. The van der Waals surface area contributed by atoms with E-state index in [9.17, 15) is 14.4 Å². The van der Waals surface area contributed by atoms with E-state index in [1.165, 1.54) is 30.9 Å². The van der Waals surface area contributed by atoms with E-state index in [2.05, 4.69) is 5.32 Å². The lowest BCUT2D eigenvalue weighted by Crippen LogP contribution is -2.42. The summed E-state index contributed by atoms with van der Waals surface area (Å²) in [4.78, 5) is 38.8. The Hall–Kier alpha value is -3.75. The van der Waals surface area contributed by atoms with Crippen molar-refractivity contribution >= 4 is 22.5 Å². The van der Waals surface area contributed by atoms with Gasteiger partial charge in [-0.1, -0.05) is 0 Å². The monoisotopic (exact) mass is 427 g/mol. The minimum atomic E-state index is -0.579. The SMILES string of the molecule is COc1ccc(NC(=O)Cn2c(=O)n(C(C)C)c(=O)c3cc(OC)c(OC)cc32)cc1. The number of ether oxygens (including phenoxy) is 3. The molecule has 0 unspecified atom stereocenters. The van der Waals surface area contributed by atoms with Crippen LogP contribution in [0.4, 0.5) is 5.69 Å². The molecule has 31 heavy (non-hydrogen) atoms. The Morgan fingerprint density at radius 2 is 1.58 bits per heavy atom. The van der Waals surface area contributed by atoms with Crippen LogP contribution in [0.25, 0.3) is 10.9 Å². The molecule has 0 aliphatic heterocycles. The quantitative estimate of drug-likeness (QED) is 0.622. The normalized spacial score (nSPS) is 10.9. The average Bonchev–Trinajstić information content (AvgIpc) is 2.76. The van der Waals surface area contributed by atoms with Crippen molar-refractivity contribution in [2.24, 2.45) is 0 Å². The highest BCUT2D eigenvalue weighted by atomic mass is 16.5. The number of carbonyl (C=O) groups excluding carboxylic acids is 1. The van der Waals surface area contributed by atoms with Crippen LogP contribution in [-0.2, 0) is 11.3 Å². The van der Waals surface area contributed by atoms with Crippen LogP contribution < -0.4 is 30.8 Å². The molecule has 0 radical (unpaired) electrons. The zero-order valence-corrected chi connectivity index (χ0v) is 18.1. The number of fused-ring (bicyclic) bond motifs is 1. The lowest BCUT2D eigenvalue weighted by Gasteiger charge is -2.18. The maximum absolute atomic E-state index is 13.1. The molecule has 9 heteroatoms. The van der Waals surface area contributed by atoms with E-state index in [0.29, 0.717) is 22.9 Å². The van der Waals surface area contributed by atoms with E-state index >= 15 is 0 Å². The highest BCUT2D eigenvalue weighted by molar-refractivity contribution is 5.92. The van der Waals surface area contributed by atoms with Crippen LogP contribution in [0.2, 0.25) is 0 Å². The Kier molecular flexibility index (Phi) is 6.33. The molecule has 0 fully saturated rings. The van der Waals surface area contributed by atoms with Gasteiger partial charge in [0.25, 0.3) is 5.56 Å². The first-order valence-corrected chi connectivity index (χ1v) is 9.65. The summed E-state index contributed by atoms with van der Waals surface area (Å²) >= 11 is 0. The molecule has 1 heterocycles. The van der Waals surface area contributed by atoms with E-state index in [1.54, 1.807) is 45.2 Å². The van der Waals surface area contributed by atoms with Gasteiger partial charge in [-0.2, -0.15) is 0 Å². The van der Waals surface area contributed by atoms with E-state index in [-0.39, 0.29) is 17.4 Å². The molecule has 0 aliphatic carbocycles. The van der Waals surface area contributed by atoms with E-state index in [0.717, 1.165) is 4.57 Å².